The van der Waals surface area contributed by atoms with Gasteiger partial charge in [-0.2, -0.15) is 13.2 Å². The summed E-state index contributed by atoms with van der Waals surface area (Å²) in [7, 11) is 0. The molecule has 1 aliphatic heterocycles. The molecule has 0 atom stereocenters. The molecule has 0 saturated carbocycles. The lowest BCUT2D eigenvalue weighted by molar-refractivity contribution is -0.137. The van der Waals surface area contributed by atoms with Gasteiger partial charge in [-0.15, -0.1) is 0 Å². The number of ether oxygens (including phenoxy) is 1. The highest BCUT2D eigenvalue weighted by Gasteiger charge is 2.33. The van der Waals surface area contributed by atoms with Gasteiger partial charge >= 0.3 is 6.18 Å². The van der Waals surface area contributed by atoms with Crippen molar-refractivity contribution in [3.63, 3.8) is 0 Å². The average molecular weight is 501 g/mol. The van der Waals surface area contributed by atoms with Crippen LogP contribution in [0.15, 0.2) is 71.4 Å². The average Bonchev–Trinajstić information content (AvgIpc) is 3.35. The van der Waals surface area contributed by atoms with E-state index >= 15 is 0 Å². The number of pyridine rings is 1. The van der Waals surface area contributed by atoms with Crippen molar-refractivity contribution in [1.82, 2.24) is 10.3 Å². The molecule has 0 radical (unpaired) electrons. The molecule has 1 aliphatic rings. The molecule has 0 bridgehead atoms. The van der Waals surface area contributed by atoms with Crippen LogP contribution >= 0.6 is 11.6 Å². The maximum atomic E-state index is 13.1. The summed E-state index contributed by atoms with van der Waals surface area (Å²) < 4.78 is 45.2. The quantitative estimate of drug-likeness (QED) is 0.411. The summed E-state index contributed by atoms with van der Waals surface area (Å²) >= 11 is 5.63. The van der Waals surface area contributed by atoms with Crippen molar-refractivity contribution in [3.05, 3.63) is 88.2 Å². The van der Waals surface area contributed by atoms with Crippen molar-refractivity contribution in [2.45, 2.75) is 13.1 Å². The predicted molar refractivity (Wildman–Crippen MR) is 129 cm³/mol. The van der Waals surface area contributed by atoms with Gasteiger partial charge in [0.15, 0.2) is 0 Å². The Hall–Kier alpha value is -3.85. The van der Waals surface area contributed by atoms with E-state index in [-0.39, 0.29) is 5.69 Å². The van der Waals surface area contributed by atoms with E-state index in [1.54, 1.807) is 55.6 Å². The Bertz CT molecular complexity index is 1320. The number of nitrogens with zero attached hydrogens (tertiary/aromatic N) is 2. The van der Waals surface area contributed by atoms with Gasteiger partial charge in [0.25, 0.3) is 5.91 Å². The number of aromatic nitrogens is 1. The van der Waals surface area contributed by atoms with Gasteiger partial charge < -0.3 is 15.4 Å². The van der Waals surface area contributed by atoms with Crippen molar-refractivity contribution >= 4 is 35.1 Å². The van der Waals surface area contributed by atoms with Crippen LogP contribution in [0.3, 0.4) is 0 Å². The van der Waals surface area contributed by atoms with Crippen LogP contribution in [0.25, 0.3) is 6.08 Å². The summed E-state index contributed by atoms with van der Waals surface area (Å²) in [5.41, 5.74) is 0.630. The highest BCUT2D eigenvalue weighted by atomic mass is 35.5. The van der Waals surface area contributed by atoms with Crippen LogP contribution in [0.2, 0.25) is 5.02 Å². The summed E-state index contributed by atoms with van der Waals surface area (Å²) in [6, 6.07) is 13.8. The van der Waals surface area contributed by atoms with Crippen LogP contribution in [0.5, 0.6) is 11.5 Å². The lowest BCUT2D eigenvalue weighted by Gasteiger charge is -2.12. The van der Waals surface area contributed by atoms with E-state index in [9.17, 15) is 18.0 Å². The number of hydrogen-bond acceptors (Lipinski definition) is 5. The molecule has 0 aliphatic carbocycles. The maximum absolute atomic E-state index is 13.1. The normalized spacial score (nSPS) is 13.7. The molecular formula is C25H20ClF3N4O2. The second-order valence-electron chi connectivity index (χ2n) is 7.68. The largest absolute Gasteiger partial charge is 0.457 e. The number of anilines is 1. The SMILES string of the molecule is CC(=Cc1cccc(Oc2ccnc(C3=NCCN3)c2)c1)C(=O)Nc1ccc(Cl)c(C(F)(F)F)c1. The third-order valence-corrected chi connectivity index (χ3v) is 5.34. The summed E-state index contributed by atoms with van der Waals surface area (Å²) in [4.78, 5) is 21.2. The zero-order valence-electron chi connectivity index (χ0n) is 18.5. The van der Waals surface area contributed by atoms with E-state index in [1.807, 2.05) is 0 Å². The summed E-state index contributed by atoms with van der Waals surface area (Å²) in [5.74, 6) is 1.29. The van der Waals surface area contributed by atoms with E-state index in [0.717, 1.165) is 24.5 Å². The fourth-order valence-corrected chi connectivity index (χ4v) is 3.57. The third-order valence-electron chi connectivity index (χ3n) is 5.01. The van der Waals surface area contributed by atoms with E-state index < -0.39 is 22.7 Å². The van der Waals surface area contributed by atoms with Crippen LogP contribution in [-0.4, -0.2) is 29.8 Å². The second-order valence-corrected chi connectivity index (χ2v) is 8.09. The first-order chi connectivity index (χ1) is 16.7. The lowest BCUT2D eigenvalue weighted by atomic mass is 10.1. The van der Waals surface area contributed by atoms with Crippen molar-refractivity contribution < 1.29 is 22.7 Å². The molecule has 3 aromatic rings. The molecule has 10 heteroatoms. The molecule has 2 aromatic carbocycles. The molecule has 2 heterocycles. The lowest BCUT2D eigenvalue weighted by Crippen LogP contribution is -2.20. The molecule has 0 unspecified atom stereocenters. The summed E-state index contributed by atoms with van der Waals surface area (Å²) in [5, 5.41) is 5.19. The monoisotopic (exact) mass is 500 g/mol. The van der Waals surface area contributed by atoms with Gasteiger partial charge in [-0.3, -0.25) is 14.8 Å². The first kappa shape index (κ1) is 24.3. The van der Waals surface area contributed by atoms with E-state index in [2.05, 4.69) is 20.6 Å². The number of carbonyl (C=O) groups excluding carboxylic acids is 1. The Labute approximate surface area is 204 Å². The fraction of sp³-hybridized carbons (Fsp3) is 0.160. The minimum atomic E-state index is -4.63. The molecule has 4 rings (SSSR count). The minimum absolute atomic E-state index is 0.00796. The Kier molecular flexibility index (Phi) is 7.07. The Morgan fingerprint density at radius 2 is 1.94 bits per heavy atom. The number of nitrogens with one attached hydrogen (secondary N) is 2. The number of amidine groups is 1. The summed E-state index contributed by atoms with van der Waals surface area (Å²) in [6.45, 7) is 3.03. The highest BCUT2D eigenvalue weighted by molar-refractivity contribution is 6.31. The number of alkyl halides is 3. The second kappa shape index (κ2) is 10.2. The number of halogens is 4. The topological polar surface area (TPSA) is 75.6 Å². The van der Waals surface area contributed by atoms with Crippen LogP contribution < -0.4 is 15.4 Å². The van der Waals surface area contributed by atoms with Gasteiger partial charge in [-0.05, 0) is 55.0 Å². The first-order valence-corrected chi connectivity index (χ1v) is 11.0. The zero-order valence-corrected chi connectivity index (χ0v) is 19.2. The molecular weight excluding hydrogens is 481 g/mol. The standard InChI is InChI=1S/C25H20ClF3N4O2/c1-15(24(34)33-17-5-6-21(26)20(13-17)25(27,28)29)11-16-3-2-4-18(12-16)35-19-7-8-30-22(14-19)23-31-9-10-32-23/h2-8,11-14H,9-10H2,1H3,(H,31,32)(H,33,34). The van der Waals surface area contributed by atoms with Crippen molar-refractivity contribution in [2.24, 2.45) is 4.99 Å². The van der Waals surface area contributed by atoms with Crippen LogP contribution in [0, 0.1) is 0 Å². The Morgan fingerprint density at radius 1 is 1.14 bits per heavy atom. The molecule has 1 aromatic heterocycles. The molecule has 0 fully saturated rings. The van der Waals surface area contributed by atoms with E-state index in [1.165, 1.54) is 6.07 Å². The number of amides is 1. The van der Waals surface area contributed by atoms with Gasteiger partial charge in [0.05, 0.1) is 17.1 Å². The molecule has 0 saturated heterocycles. The van der Waals surface area contributed by atoms with Gasteiger partial charge in [0, 0.05) is 30.1 Å². The molecule has 6 nitrogen and oxygen atoms in total. The first-order valence-electron chi connectivity index (χ1n) is 10.6. The van der Waals surface area contributed by atoms with Crippen molar-refractivity contribution in [3.8, 4) is 11.5 Å². The Morgan fingerprint density at radius 3 is 2.69 bits per heavy atom. The maximum Gasteiger partial charge on any atom is 0.417 e. The fourth-order valence-electron chi connectivity index (χ4n) is 3.34. The molecule has 2 N–H and O–H groups in total. The smallest absolute Gasteiger partial charge is 0.417 e. The Balaban J connectivity index is 1.47. The van der Waals surface area contributed by atoms with E-state index in [4.69, 9.17) is 16.3 Å². The van der Waals surface area contributed by atoms with Gasteiger partial charge in [-0.1, -0.05) is 23.7 Å². The highest BCUT2D eigenvalue weighted by Crippen LogP contribution is 2.36. The number of aliphatic imine (C=N–C) groups is 1. The summed E-state index contributed by atoms with van der Waals surface area (Å²) in [6.07, 6.45) is -1.38. The zero-order chi connectivity index (χ0) is 25.0. The molecule has 0 spiro atoms. The number of rotatable bonds is 6. The third kappa shape index (κ3) is 6.19. The number of carbonyl (C=O) groups is 1. The number of hydrogen-bond donors (Lipinski definition) is 2. The number of benzene rings is 2. The van der Waals surface area contributed by atoms with Gasteiger partial charge in [-0.25, -0.2) is 0 Å². The predicted octanol–water partition coefficient (Wildman–Crippen LogP) is 5.94. The van der Waals surface area contributed by atoms with Crippen LogP contribution in [0.1, 0.15) is 23.7 Å². The van der Waals surface area contributed by atoms with Gasteiger partial charge in [0.1, 0.15) is 23.0 Å². The van der Waals surface area contributed by atoms with Crippen molar-refractivity contribution in [2.75, 3.05) is 18.4 Å². The minimum Gasteiger partial charge on any atom is -0.457 e. The molecule has 1 amide bonds. The van der Waals surface area contributed by atoms with E-state index in [0.29, 0.717) is 34.9 Å². The molecule has 35 heavy (non-hydrogen) atoms. The molecule has 180 valence electrons. The van der Waals surface area contributed by atoms with Crippen LogP contribution in [-0.2, 0) is 11.0 Å². The van der Waals surface area contributed by atoms with Crippen molar-refractivity contribution in [1.29, 1.82) is 0 Å². The van der Waals surface area contributed by atoms with Crippen LogP contribution in [0.4, 0.5) is 18.9 Å². The van der Waals surface area contributed by atoms with Gasteiger partial charge in [0.2, 0.25) is 0 Å².